The second-order valence-corrected chi connectivity index (χ2v) is 3.79. The Kier molecular flexibility index (Phi) is 2.50. The molecule has 0 N–H and O–H groups in total. The van der Waals surface area contributed by atoms with Gasteiger partial charge in [0.25, 0.3) is 0 Å². The van der Waals surface area contributed by atoms with Gasteiger partial charge in [0.1, 0.15) is 0 Å². The van der Waals surface area contributed by atoms with Gasteiger partial charge in [0.15, 0.2) is 0 Å². The van der Waals surface area contributed by atoms with E-state index in [0.717, 1.165) is 17.0 Å². The van der Waals surface area contributed by atoms with E-state index in [1.807, 2.05) is 6.92 Å². The summed E-state index contributed by atoms with van der Waals surface area (Å²) in [7, 11) is 0. The lowest BCUT2D eigenvalue weighted by atomic mass is 10.0. The van der Waals surface area contributed by atoms with E-state index in [2.05, 4.69) is 42.0 Å². The minimum absolute atomic E-state index is 0.973. The standard InChI is InChI=1S/C13H14N2/c1-9-4-5-12(8-10(9)2)13-11(3)14-6-7-15-13/h4-8H,1-3H3. The molecule has 1 heterocycles. The van der Waals surface area contributed by atoms with Gasteiger partial charge < -0.3 is 0 Å². The predicted octanol–water partition coefficient (Wildman–Crippen LogP) is 3.07. The molecule has 0 saturated carbocycles. The first kappa shape index (κ1) is 9.84. The van der Waals surface area contributed by atoms with E-state index in [-0.39, 0.29) is 0 Å². The van der Waals surface area contributed by atoms with Crippen molar-refractivity contribution in [3.8, 4) is 11.3 Å². The fourth-order valence-corrected chi connectivity index (χ4v) is 1.58. The molecule has 2 aromatic rings. The highest BCUT2D eigenvalue weighted by atomic mass is 14.8. The van der Waals surface area contributed by atoms with Crippen molar-refractivity contribution >= 4 is 0 Å². The lowest BCUT2D eigenvalue weighted by Crippen LogP contribution is -1.91. The summed E-state index contributed by atoms with van der Waals surface area (Å²) in [5.74, 6) is 0. The third-order valence-electron chi connectivity index (χ3n) is 2.66. The van der Waals surface area contributed by atoms with Crippen molar-refractivity contribution in [2.45, 2.75) is 20.8 Å². The van der Waals surface area contributed by atoms with E-state index in [1.165, 1.54) is 11.1 Å². The van der Waals surface area contributed by atoms with Crippen LogP contribution in [0.2, 0.25) is 0 Å². The van der Waals surface area contributed by atoms with Crippen LogP contribution in [0.25, 0.3) is 11.3 Å². The van der Waals surface area contributed by atoms with Crippen LogP contribution in [0.3, 0.4) is 0 Å². The molecule has 0 aliphatic rings. The van der Waals surface area contributed by atoms with Crippen LogP contribution in [0.4, 0.5) is 0 Å². The van der Waals surface area contributed by atoms with Gasteiger partial charge in [0.2, 0.25) is 0 Å². The maximum absolute atomic E-state index is 4.36. The van der Waals surface area contributed by atoms with Crippen molar-refractivity contribution in [3.05, 3.63) is 47.4 Å². The summed E-state index contributed by atoms with van der Waals surface area (Å²) >= 11 is 0. The Bertz CT molecular complexity index is 490. The minimum Gasteiger partial charge on any atom is -0.258 e. The van der Waals surface area contributed by atoms with E-state index in [4.69, 9.17) is 0 Å². The summed E-state index contributed by atoms with van der Waals surface area (Å²) in [6.45, 7) is 6.21. The highest BCUT2D eigenvalue weighted by Crippen LogP contribution is 2.21. The molecule has 0 bridgehead atoms. The number of nitrogens with zero attached hydrogens (tertiary/aromatic N) is 2. The van der Waals surface area contributed by atoms with Crippen LogP contribution < -0.4 is 0 Å². The number of rotatable bonds is 1. The lowest BCUT2D eigenvalue weighted by Gasteiger charge is -2.06. The van der Waals surface area contributed by atoms with Gasteiger partial charge in [-0.1, -0.05) is 12.1 Å². The second kappa shape index (κ2) is 3.81. The Morgan fingerprint density at radius 1 is 0.867 bits per heavy atom. The first-order valence-corrected chi connectivity index (χ1v) is 5.03. The molecule has 2 nitrogen and oxygen atoms in total. The molecule has 1 aromatic carbocycles. The molecular formula is C13H14N2. The maximum atomic E-state index is 4.36. The van der Waals surface area contributed by atoms with E-state index in [1.54, 1.807) is 12.4 Å². The van der Waals surface area contributed by atoms with E-state index < -0.39 is 0 Å². The van der Waals surface area contributed by atoms with Gasteiger partial charge in [-0.25, -0.2) is 0 Å². The fourth-order valence-electron chi connectivity index (χ4n) is 1.58. The van der Waals surface area contributed by atoms with Crippen LogP contribution in [0.1, 0.15) is 16.8 Å². The van der Waals surface area contributed by atoms with Crippen molar-refractivity contribution in [2.24, 2.45) is 0 Å². The zero-order valence-corrected chi connectivity index (χ0v) is 9.28. The summed E-state index contributed by atoms with van der Waals surface area (Å²) in [6.07, 6.45) is 3.46. The van der Waals surface area contributed by atoms with Crippen molar-refractivity contribution in [2.75, 3.05) is 0 Å². The molecular weight excluding hydrogens is 184 g/mol. The van der Waals surface area contributed by atoms with E-state index in [9.17, 15) is 0 Å². The van der Waals surface area contributed by atoms with Gasteiger partial charge >= 0.3 is 0 Å². The highest BCUT2D eigenvalue weighted by molar-refractivity contribution is 5.62. The zero-order valence-electron chi connectivity index (χ0n) is 9.28. The predicted molar refractivity (Wildman–Crippen MR) is 61.7 cm³/mol. The molecule has 15 heavy (non-hydrogen) atoms. The Labute approximate surface area is 90.0 Å². The van der Waals surface area contributed by atoms with E-state index in [0.29, 0.717) is 0 Å². The topological polar surface area (TPSA) is 25.8 Å². The summed E-state index contributed by atoms with van der Waals surface area (Å²) < 4.78 is 0. The normalized spacial score (nSPS) is 10.3. The Morgan fingerprint density at radius 2 is 1.60 bits per heavy atom. The van der Waals surface area contributed by atoms with Crippen molar-refractivity contribution in [1.29, 1.82) is 0 Å². The molecule has 0 unspecified atom stereocenters. The lowest BCUT2D eigenvalue weighted by molar-refractivity contribution is 1.12. The quantitative estimate of drug-likeness (QED) is 0.703. The number of aryl methyl sites for hydroxylation is 3. The van der Waals surface area contributed by atoms with Crippen LogP contribution in [-0.4, -0.2) is 9.97 Å². The Hall–Kier alpha value is -1.70. The van der Waals surface area contributed by atoms with Gasteiger partial charge in [-0.2, -0.15) is 0 Å². The van der Waals surface area contributed by atoms with Gasteiger partial charge in [-0.3, -0.25) is 9.97 Å². The molecule has 0 amide bonds. The first-order chi connectivity index (χ1) is 7.18. The molecule has 0 atom stereocenters. The largest absolute Gasteiger partial charge is 0.258 e. The first-order valence-electron chi connectivity index (χ1n) is 5.03. The maximum Gasteiger partial charge on any atom is 0.0914 e. The molecule has 0 fully saturated rings. The molecule has 0 aliphatic heterocycles. The van der Waals surface area contributed by atoms with Crippen molar-refractivity contribution in [3.63, 3.8) is 0 Å². The van der Waals surface area contributed by atoms with Crippen LogP contribution in [-0.2, 0) is 0 Å². The highest BCUT2D eigenvalue weighted by Gasteiger charge is 2.04. The van der Waals surface area contributed by atoms with E-state index >= 15 is 0 Å². The summed E-state index contributed by atoms with van der Waals surface area (Å²) in [6, 6.07) is 6.38. The molecule has 0 spiro atoms. The Morgan fingerprint density at radius 3 is 2.27 bits per heavy atom. The summed E-state index contributed by atoms with van der Waals surface area (Å²) in [5, 5.41) is 0. The number of hydrogen-bond donors (Lipinski definition) is 0. The van der Waals surface area contributed by atoms with Gasteiger partial charge in [-0.05, 0) is 38.0 Å². The third kappa shape index (κ3) is 1.89. The smallest absolute Gasteiger partial charge is 0.0914 e. The third-order valence-corrected chi connectivity index (χ3v) is 2.66. The average Bonchev–Trinajstić information content (AvgIpc) is 2.23. The summed E-state index contributed by atoms with van der Waals surface area (Å²) in [4.78, 5) is 8.60. The van der Waals surface area contributed by atoms with Crippen molar-refractivity contribution < 1.29 is 0 Å². The van der Waals surface area contributed by atoms with Crippen LogP contribution >= 0.6 is 0 Å². The van der Waals surface area contributed by atoms with Crippen LogP contribution in [0.15, 0.2) is 30.6 Å². The molecule has 1 aromatic heterocycles. The molecule has 2 heteroatoms. The number of benzene rings is 1. The van der Waals surface area contributed by atoms with Crippen LogP contribution in [0, 0.1) is 20.8 Å². The van der Waals surface area contributed by atoms with Crippen LogP contribution in [0.5, 0.6) is 0 Å². The summed E-state index contributed by atoms with van der Waals surface area (Å²) in [5.41, 5.74) is 5.68. The average molecular weight is 198 g/mol. The molecule has 76 valence electrons. The number of aromatic nitrogens is 2. The molecule has 2 rings (SSSR count). The van der Waals surface area contributed by atoms with Gasteiger partial charge in [-0.15, -0.1) is 0 Å². The fraction of sp³-hybridized carbons (Fsp3) is 0.231. The van der Waals surface area contributed by atoms with Gasteiger partial charge in [0, 0.05) is 18.0 Å². The molecule has 0 saturated heterocycles. The zero-order chi connectivity index (χ0) is 10.8. The SMILES string of the molecule is Cc1ccc(-c2nccnc2C)cc1C. The Balaban J connectivity index is 2.55. The molecule has 0 radical (unpaired) electrons. The number of hydrogen-bond acceptors (Lipinski definition) is 2. The minimum atomic E-state index is 0.973. The monoisotopic (exact) mass is 198 g/mol. The van der Waals surface area contributed by atoms with Gasteiger partial charge in [0.05, 0.1) is 11.4 Å². The van der Waals surface area contributed by atoms with Crippen molar-refractivity contribution in [1.82, 2.24) is 9.97 Å². The molecule has 0 aliphatic carbocycles. The second-order valence-electron chi connectivity index (χ2n) is 3.79.